The number of hydrogen-bond acceptors (Lipinski definition) is 6. The third-order valence-corrected chi connectivity index (χ3v) is 6.88. The van der Waals surface area contributed by atoms with E-state index in [2.05, 4.69) is 29.2 Å². The molecule has 0 unspecified atom stereocenters. The summed E-state index contributed by atoms with van der Waals surface area (Å²) in [7, 11) is 2.12. The maximum atomic E-state index is 13.3. The number of anilines is 1. The number of fused-ring (bicyclic) bond motifs is 1. The van der Waals surface area contributed by atoms with Crippen LogP contribution in [0.15, 0.2) is 42.7 Å². The lowest BCUT2D eigenvalue weighted by molar-refractivity contribution is -0.134. The Morgan fingerprint density at radius 1 is 1.26 bits per heavy atom. The van der Waals surface area contributed by atoms with Crippen LogP contribution in [0.25, 0.3) is 0 Å². The number of aliphatic hydroxyl groups excluding tert-OH is 1. The van der Waals surface area contributed by atoms with Crippen molar-refractivity contribution in [1.82, 2.24) is 14.8 Å². The molecular weight excluding hydrogens is 444 g/mol. The Kier molecular flexibility index (Phi) is 8.03. The summed E-state index contributed by atoms with van der Waals surface area (Å²) in [5.41, 5.74) is 1.83. The molecule has 35 heavy (non-hydrogen) atoms. The van der Waals surface area contributed by atoms with Gasteiger partial charge in [-0.1, -0.05) is 6.92 Å². The normalized spacial score (nSPS) is 21.4. The Morgan fingerprint density at radius 2 is 2.00 bits per heavy atom. The predicted molar refractivity (Wildman–Crippen MR) is 134 cm³/mol. The molecule has 1 saturated carbocycles. The summed E-state index contributed by atoms with van der Waals surface area (Å²) in [4.78, 5) is 34.0. The minimum atomic E-state index is -0.286. The number of benzene rings is 1. The highest BCUT2D eigenvalue weighted by atomic mass is 16.5. The highest BCUT2D eigenvalue weighted by Gasteiger charge is 2.32. The summed E-state index contributed by atoms with van der Waals surface area (Å²) in [5.74, 6) is 1.21. The maximum absolute atomic E-state index is 13.3. The van der Waals surface area contributed by atoms with E-state index in [9.17, 15) is 14.7 Å². The number of likely N-dealkylation sites (N-methyl/N-ethyl adjacent to an activating group) is 1. The minimum absolute atomic E-state index is 0.0622. The molecule has 1 aliphatic heterocycles. The minimum Gasteiger partial charge on any atom is -0.488 e. The van der Waals surface area contributed by atoms with Gasteiger partial charge in [-0.05, 0) is 63.1 Å². The van der Waals surface area contributed by atoms with Crippen molar-refractivity contribution in [2.75, 3.05) is 38.6 Å². The average molecular weight is 481 g/mol. The van der Waals surface area contributed by atoms with Crippen molar-refractivity contribution in [1.29, 1.82) is 0 Å². The van der Waals surface area contributed by atoms with Crippen molar-refractivity contribution < 1.29 is 19.4 Å². The Morgan fingerprint density at radius 3 is 2.69 bits per heavy atom. The standard InChI is InChI=1S/C27H36N4O4/c1-18-14-31(19(2)17-32)26(33)13-22-12-23(29-27(34)21-8-10-28-11-9-21)6-7-24(22)35-25(18)16-30(3)15-20-4-5-20/h6-12,18-20,25,32H,4-5,13-17H2,1-3H3,(H,29,34)/t18-,19+,25+/m0/s1. The second kappa shape index (κ2) is 11.2. The van der Waals surface area contributed by atoms with Gasteiger partial charge in [0, 0.05) is 54.8 Å². The molecule has 2 aliphatic rings. The Labute approximate surface area is 207 Å². The smallest absolute Gasteiger partial charge is 0.255 e. The summed E-state index contributed by atoms with van der Waals surface area (Å²) in [6.07, 6.45) is 5.75. The fourth-order valence-electron chi connectivity index (χ4n) is 4.55. The molecule has 0 saturated heterocycles. The van der Waals surface area contributed by atoms with Gasteiger partial charge in [-0.15, -0.1) is 0 Å². The molecule has 2 amide bonds. The molecule has 1 aromatic heterocycles. The van der Waals surface area contributed by atoms with Crippen LogP contribution in [0.1, 0.15) is 42.6 Å². The van der Waals surface area contributed by atoms with Gasteiger partial charge < -0.3 is 25.0 Å². The van der Waals surface area contributed by atoms with Crippen molar-refractivity contribution in [2.45, 2.75) is 45.3 Å². The number of pyridine rings is 1. The van der Waals surface area contributed by atoms with Crippen LogP contribution in [0.3, 0.4) is 0 Å². The molecule has 2 N–H and O–H groups in total. The molecule has 188 valence electrons. The number of amides is 2. The number of ether oxygens (including phenoxy) is 1. The summed E-state index contributed by atoms with van der Waals surface area (Å²) in [6.45, 7) is 6.20. The number of aliphatic hydroxyl groups is 1. The molecule has 3 atom stereocenters. The predicted octanol–water partition coefficient (Wildman–Crippen LogP) is 2.82. The highest BCUT2D eigenvalue weighted by molar-refractivity contribution is 6.04. The first-order valence-corrected chi connectivity index (χ1v) is 12.4. The van der Waals surface area contributed by atoms with Crippen LogP contribution >= 0.6 is 0 Å². The van der Waals surface area contributed by atoms with Gasteiger partial charge in [-0.3, -0.25) is 14.6 Å². The lowest BCUT2D eigenvalue weighted by Gasteiger charge is -2.34. The van der Waals surface area contributed by atoms with E-state index in [1.807, 2.05) is 25.1 Å². The van der Waals surface area contributed by atoms with Gasteiger partial charge in [0.2, 0.25) is 5.91 Å². The second-order valence-electron chi connectivity index (χ2n) is 10.1. The van der Waals surface area contributed by atoms with E-state index in [0.717, 1.165) is 24.6 Å². The number of nitrogens with zero attached hydrogens (tertiary/aromatic N) is 3. The van der Waals surface area contributed by atoms with Gasteiger partial charge in [0.05, 0.1) is 19.1 Å². The first-order chi connectivity index (χ1) is 16.8. The molecule has 1 aliphatic carbocycles. The molecule has 4 rings (SSSR count). The van der Waals surface area contributed by atoms with E-state index >= 15 is 0 Å². The zero-order valence-electron chi connectivity index (χ0n) is 20.8. The summed E-state index contributed by atoms with van der Waals surface area (Å²) < 4.78 is 6.55. The van der Waals surface area contributed by atoms with Crippen LogP contribution in [0.5, 0.6) is 5.75 Å². The summed E-state index contributed by atoms with van der Waals surface area (Å²) in [6, 6.07) is 8.48. The van der Waals surface area contributed by atoms with Crippen molar-refractivity contribution in [3.05, 3.63) is 53.9 Å². The quantitative estimate of drug-likeness (QED) is 0.603. The van der Waals surface area contributed by atoms with Crippen LogP contribution in [0.2, 0.25) is 0 Å². The Balaban J connectivity index is 1.60. The largest absolute Gasteiger partial charge is 0.488 e. The number of carbonyl (C=O) groups is 2. The number of nitrogens with one attached hydrogen (secondary N) is 1. The van der Waals surface area contributed by atoms with Gasteiger partial charge >= 0.3 is 0 Å². The van der Waals surface area contributed by atoms with Gasteiger partial charge in [0.1, 0.15) is 11.9 Å². The number of carbonyl (C=O) groups excluding carboxylic acids is 2. The van der Waals surface area contributed by atoms with E-state index in [4.69, 9.17) is 4.74 Å². The zero-order chi connectivity index (χ0) is 24.9. The Bertz CT molecular complexity index is 1030. The third-order valence-electron chi connectivity index (χ3n) is 6.88. The van der Waals surface area contributed by atoms with Gasteiger partial charge in [-0.25, -0.2) is 0 Å². The van der Waals surface area contributed by atoms with E-state index in [1.54, 1.807) is 29.4 Å². The topological polar surface area (TPSA) is 95.0 Å². The molecule has 1 fully saturated rings. The molecule has 2 heterocycles. The van der Waals surface area contributed by atoms with Crippen molar-refractivity contribution in [2.24, 2.45) is 11.8 Å². The molecule has 0 radical (unpaired) electrons. The summed E-state index contributed by atoms with van der Waals surface area (Å²) >= 11 is 0. The van der Waals surface area contributed by atoms with E-state index in [1.165, 1.54) is 12.8 Å². The van der Waals surface area contributed by atoms with Crippen LogP contribution < -0.4 is 10.1 Å². The lowest BCUT2D eigenvalue weighted by Crippen LogP contribution is -2.47. The van der Waals surface area contributed by atoms with Gasteiger partial charge in [-0.2, -0.15) is 0 Å². The fraction of sp³-hybridized carbons (Fsp3) is 0.519. The maximum Gasteiger partial charge on any atom is 0.255 e. The second-order valence-corrected chi connectivity index (χ2v) is 10.1. The molecule has 8 heteroatoms. The molecule has 0 bridgehead atoms. The van der Waals surface area contributed by atoms with Crippen LogP contribution in [0.4, 0.5) is 5.69 Å². The number of aromatic nitrogens is 1. The first-order valence-electron chi connectivity index (χ1n) is 12.4. The van der Waals surface area contributed by atoms with Gasteiger partial charge in [0.15, 0.2) is 0 Å². The molecule has 0 spiro atoms. The highest BCUT2D eigenvalue weighted by Crippen LogP contribution is 2.31. The van der Waals surface area contributed by atoms with Gasteiger partial charge in [0.25, 0.3) is 5.91 Å². The van der Waals surface area contributed by atoms with E-state index in [0.29, 0.717) is 23.5 Å². The van der Waals surface area contributed by atoms with Crippen molar-refractivity contribution in [3.63, 3.8) is 0 Å². The fourth-order valence-corrected chi connectivity index (χ4v) is 4.55. The molecular formula is C27H36N4O4. The molecule has 2 aromatic rings. The first kappa shape index (κ1) is 25.1. The number of hydrogen-bond donors (Lipinski definition) is 2. The van der Waals surface area contributed by atoms with Crippen molar-refractivity contribution >= 4 is 17.5 Å². The monoisotopic (exact) mass is 480 g/mol. The molecule has 1 aromatic carbocycles. The molecule has 8 nitrogen and oxygen atoms in total. The Hall–Kier alpha value is -2.97. The zero-order valence-corrected chi connectivity index (χ0v) is 20.8. The van der Waals surface area contributed by atoms with Crippen LogP contribution in [-0.2, 0) is 11.2 Å². The van der Waals surface area contributed by atoms with Crippen LogP contribution in [-0.4, -0.2) is 77.1 Å². The van der Waals surface area contributed by atoms with E-state index < -0.39 is 0 Å². The van der Waals surface area contributed by atoms with E-state index in [-0.39, 0.29) is 42.9 Å². The third kappa shape index (κ3) is 6.58. The SMILES string of the molecule is C[C@H](CO)N1C[C@H](C)[C@@H](CN(C)CC2CC2)Oc2ccc(NC(=O)c3ccncc3)cc2CC1=O. The average Bonchev–Trinajstić information content (AvgIpc) is 3.66. The van der Waals surface area contributed by atoms with Crippen LogP contribution in [0, 0.1) is 11.8 Å². The number of rotatable bonds is 8. The summed E-state index contributed by atoms with van der Waals surface area (Å²) in [5, 5.41) is 12.7. The lowest BCUT2D eigenvalue weighted by atomic mass is 10.0. The van der Waals surface area contributed by atoms with Crippen molar-refractivity contribution in [3.8, 4) is 5.75 Å².